The van der Waals surface area contributed by atoms with E-state index in [-0.39, 0.29) is 6.10 Å². The van der Waals surface area contributed by atoms with E-state index in [9.17, 15) is 4.79 Å². The molecule has 1 aromatic carbocycles. The zero-order chi connectivity index (χ0) is 13.0. The molecule has 2 atom stereocenters. The van der Waals surface area contributed by atoms with Crippen molar-refractivity contribution in [2.24, 2.45) is 0 Å². The lowest BCUT2D eigenvalue weighted by Crippen LogP contribution is -2.26. The van der Waals surface area contributed by atoms with E-state index in [2.05, 4.69) is 22.3 Å². The lowest BCUT2D eigenvalue weighted by atomic mass is 10.1. The number of methoxy groups -OCH3 is 1. The van der Waals surface area contributed by atoms with Crippen molar-refractivity contribution >= 4 is 17.5 Å². The highest BCUT2D eigenvalue weighted by Crippen LogP contribution is 2.21. The molecule has 5 nitrogen and oxygen atoms in total. The van der Waals surface area contributed by atoms with E-state index in [0.717, 1.165) is 18.7 Å². The molecule has 0 bridgehead atoms. The summed E-state index contributed by atoms with van der Waals surface area (Å²) in [6.07, 6.45) is 0.738. The lowest BCUT2D eigenvalue weighted by molar-refractivity contribution is 0.121. The van der Waals surface area contributed by atoms with Crippen LogP contribution >= 0.6 is 0 Å². The first-order chi connectivity index (χ1) is 8.69. The smallest absolute Gasteiger partial charge is 0.411 e. The lowest BCUT2D eigenvalue weighted by Gasteiger charge is -2.17. The van der Waals surface area contributed by atoms with E-state index in [1.807, 2.05) is 24.3 Å². The van der Waals surface area contributed by atoms with Gasteiger partial charge in [0.15, 0.2) is 0 Å². The fraction of sp³-hybridized carbons (Fsp3) is 0.462. The predicted molar refractivity (Wildman–Crippen MR) is 69.9 cm³/mol. The zero-order valence-corrected chi connectivity index (χ0v) is 10.6. The van der Waals surface area contributed by atoms with Crippen LogP contribution in [0.1, 0.15) is 13.3 Å². The molecule has 1 amide bonds. The average molecular weight is 250 g/mol. The molecule has 2 rings (SSSR count). The van der Waals surface area contributed by atoms with Gasteiger partial charge in [-0.2, -0.15) is 0 Å². The van der Waals surface area contributed by atoms with Gasteiger partial charge in [0.05, 0.1) is 19.3 Å². The van der Waals surface area contributed by atoms with Gasteiger partial charge in [0, 0.05) is 18.0 Å². The van der Waals surface area contributed by atoms with Crippen LogP contribution < -0.4 is 10.6 Å². The molecule has 0 aliphatic carbocycles. The van der Waals surface area contributed by atoms with Gasteiger partial charge < -0.3 is 14.8 Å². The molecule has 1 heterocycles. The fourth-order valence-electron chi connectivity index (χ4n) is 1.99. The molecule has 0 saturated carbocycles. The maximum atomic E-state index is 11.1. The van der Waals surface area contributed by atoms with Crippen LogP contribution in [-0.4, -0.2) is 32.0 Å². The number of benzene rings is 1. The van der Waals surface area contributed by atoms with Crippen molar-refractivity contribution in [3.63, 3.8) is 0 Å². The maximum absolute atomic E-state index is 11.1. The second kappa shape index (κ2) is 5.73. The summed E-state index contributed by atoms with van der Waals surface area (Å²) in [5, 5.41) is 6.04. The maximum Gasteiger partial charge on any atom is 0.411 e. The summed E-state index contributed by atoms with van der Waals surface area (Å²) in [7, 11) is 1.34. The molecule has 1 saturated heterocycles. The molecule has 1 fully saturated rings. The van der Waals surface area contributed by atoms with Crippen molar-refractivity contribution in [1.29, 1.82) is 0 Å². The predicted octanol–water partition coefficient (Wildman–Crippen LogP) is 2.45. The molecule has 0 aromatic heterocycles. The van der Waals surface area contributed by atoms with Crippen LogP contribution in [0.5, 0.6) is 0 Å². The fourth-order valence-corrected chi connectivity index (χ4v) is 1.99. The topological polar surface area (TPSA) is 59.6 Å². The van der Waals surface area contributed by atoms with Gasteiger partial charge in [0.25, 0.3) is 0 Å². The van der Waals surface area contributed by atoms with Crippen molar-refractivity contribution in [2.45, 2.75) is 25.5 Å². The molecule has 98 valence electrons. The molecule has 1 aromatic rings. The molecule has 0 spiro atoms. The highest BCUT2D eigenvalue weighted by Gasteiger charge is 2.23. The van der Waals surface area contributed by atoms with Crippen LogP contribution in [0.4, 0.5) is 16.2 Å². The number of hydrogen-bond donors (Lipinski definition) is 2. The van der Waals surface area contributed by atoms with Crippen LogP contribution in [-0.2, 0) is 9.47 Å². The molecule has 5 heteroatoms. The first-order valence-corrected chi connectivity index (χ1v) is 6.02. The second-order valence-electron chi connectivity index (χ2n) is 4.31. The van der Waals surface area contributed by atoms with Crippen molar-refractivity contribution in [3.05, 3.63) is 24.3 Å². The Morgan fingerprint density at radius 2 is 2.22 bits per heavy atom. The first-order valence-electron chi connectivity index (χ1n) is 6.02. The number of hydrogen-bond acceptors (Lipinski definition) is 4. The Kier molecular flexibility index (Phi) is 4.04. The number of nitrogens with one attached hydrogen (secondary N) is 2. The third kappa shape index (κ3) is 3.13. The standard InChI is InChI=1S/C13H18N2O3/c1-9-12(6-7-18-9)14-10-4-3-5-11(8-10)15-13(16)17-2/h3-5,8-9,12,14H,6-7H2,1-2H3,(H,15,16). The average Bonchev–Trinajstić information content (AvgIpc) is 2.75. The summed E-state index contributed by atoms with van der Waals surface area (Å²) >= 11 is 0. The second-order valence-corrected chi connectivity index (χ2v) is 4.31. The monoisotopic (exact) mass is 250 g/mol. The van der Waals surface area contributed by atoms with Gasteiger partial charge in [-0.15, -0.1) is 0 Å². The van der Waals surface area contributed by atoms with Crippen molar-refractivity contribution in [3.8, 4) is 0 Å². The van der Waals surface area contributed by atoms with Gasteiger partial charge in [-0.1, -0.05) is 6.07 Å². The molecule has 0 radical (unpaired) electrons. The Hall–Kier alpha value is -1.75. The SMILES string of the molecule is COC(=O)Nc1cccc(NC2CCOC2C)c1. The number of rotatable bonds is 3. The Balaban J connectivity index is 2.00. The van der Waals surface area contributed by atoms with E-state index < -0.39 is 6.09 Å². The summed E-state index contributed by atoms with van der Waals surface area (Å²) in [5.41, 5.74) is 1.67. The molecule has 1 aliphatic rings. The van der Waals surface area contributed by atoms with Crippen molar-refractivity contribution in [2.75, 3.05) is 24.4 Å². The minimum Gasteiger partial charge on any atom is -0.453 e. The first kappa shape index (κ1) is 12.7. The zero-order valence-electron chi connectivity index (χ0n) is 10.6. The third-order valence-electron chi connectivity index (χ3n) is 3.02. The van der Waals surface area contributed by atoms with E-state index in [0.29, 0.717) is 11.7 Å². The van der Waals surface area contributed by atoms with E-state index in [1.165, 1.54) is 7.11 Å². The van der Waals surface area contributed by atoms with Crippen molar-refractivity contribution in [1.82, 2.24) is 0 Å². The minimum absolute atomic E-state index is 0.210. The summed E-state index contributed by atoms with van der Waals surface area (Å²) in [5.74, 6) is 0. The number of anilines is 2. The third-order valence-corrected chi connectivity index (χ3v) is 3.02. The largest absolute Gasteiger partial charge is 0.453 e. The molecule has 18 heavy (non-hydrogen) atoms. The molecule has 1 aliphatic heterocycles. The Bertz CT molecular complexity index is 422. The van der Waals surface area contributed by atoms with Gasteiger partial charge in [0.1, 0.15) is 0 Å². The normalized spacial score (nSPS) is 22.6. The minimum atomic E-state index is -0.468. The van der Waals surface area contributed by atoms with E-state index in [4.69, 9.17) is 4.74 Å². The van der Waals surface area contributed by atoms with Gasteiger partial charge in [-0.05, 0) is 31.5 Å². The summed E-state index contributed by atoms with van der Waals surface area (Å²) in [6, 6.07) is 7.86. The molecule has 2 unspecified atom stereocenters. The Morgan fingerprint density at radius 1 is 1.44 bits per heavy atom. The number of ether oxygens (including phenoxy) is 2. The molecular formula is C13H18N2O3. The number of carbonyl (C=O) groups excluding carboxylic acids is 1. The van der Waals surface area contributed by atoms with E-state index >= 15 is 0 Å². The van der Waals surface area contributed by atoms with Crippen LogP contribution in [0.3, 0.4) is 0 Å². The summed E-state index contributed by atoms with van der Waals surface area (Å²) < 4.78 is 10.1. The summed E-state index contributed by atoms with van der Waals surface area (Å²) in [4.78, 5) is 11.1. The number of carbonyl (C=O) groups is 1. The Morgan fingerprint density at radius 3 is 2.89 bits per heavy atom. The number of amides is 1. The van der Waals surface area contributed by atoms with Gasteiger partial charge in [-0.25, -0.2) is 4.79 Å². The quantitative estimate of drug-likeness (QED) is 0.865. The highest BCUT2D eigenvalue weighted by atomic mass is 16.5. The van der Waals surface area contributed by atoms with Crippen LogP contribution in [0, 0.1) is 0 Å². The van der Waals surface area contributed by atoms with Gasteiger partial charge >= 0.3 is 6.09 Å². The van der Waals surface area contributed by atoms with Gasteiger partial charge in [0.2, 0.25) is 0 Å². The van der Waals surface area contributed by atoms with Gasteiger partial charge in [-0.3, -0.25) is 5.32 Å². The van der Waals surface area contributed by atoms with Crippen LogP contribution in [0.2, 0.25) is 0 Å². The Labute approximate surface area is 106 Å². The molecular weight excluding hydrogens is 232 g/mol. The van der Waals surface area contributed by atoms with E-state index in [1.54, 1.807) is 0 Å². The van der Waals surface area contributed by atoms with Crippen molar-refractivity contribution < 1.29 is 14.3 Å². The molecule has 2 N–H and O–H groups in total. The highest BCUT2D eigenvalue weighted by molar-refractivity contribution is 5.85. The van der Waals surface area contributed by atoms with Crippen LogP contribution in [0.25, 0.3) is 0 Å². The summed E-state index contributed by atoms with van der Waals surface area (Å²) in [6.45, 7) is 2.85. The van der Waals surface area contributed by atoms with Crippen LogP contribution in [0.15, 0.2) is 24.3 Å².